The van der Waals surface area contributed by atoms with Crippen molar-refractivity contribution in [2.24, 2.45) is 131 Å². The van der Waals surface area contributed by atoms with Gasteiger partial charge in [-0.05, 0) is 303 Å². The summed E-state index contributed by atoms with van der Waals surface area (Å²) in [4.78, 5) is 123. The van der Waals surface area contributed by atoms with Gasteiger partial charge >= 0.3 is 35.9 Å². The van der Waals surface area contributed by atoms with Gasteiger partial charge in [0.2, 0.25) is 17.7 Å². The number of hydrogen-bond acceptors (Lipinski definition) is 22. The number of alkyl halides is 1. The second kappa shape index (κ2) is 65.2. The number of halogens is 1. The Morgan fingerprint density at radius 1 is 0.431 bits per heavy atom. The molecule has 2 atom stereocenters. The van der Waals surface area contributed by atoms with Gasteiger partial charge in [-0.2, -0.15) is 15.0 Å². The number of alkyl carbamates (subject to hydrolysis) is 1. The lowest BCUT2D eigenvalue weighted by molar-refractivity contribution is -0.384. The number of carboxylic acid groups (broad SMARTS) is 2. The predicted octanol–water partition coefficient (Wildman–Crippen LogP) is 14.8. The normalized spacial score (nSPS) is 18.3. The first-order valence-electron chi connectivity index (χ1n) is 49.5. The number of nitrogens with one attached hydrogen (secondary N) is 2. The highest BCUT2D eigenvalue weighted by Gasteiger charge is 2.53. The van der Waals surface area contributed by atoms with Crippen molar-refractivity contribution in [2.45, 2.75) is 241 Å². The van der Waals surface area contributed by atoms with Crippen LogP contribution in [0.1, 0.15) is 235 Å². The summed E-state index contributed by atoms with van der Waals surface area (Å²) in [5.41, 5.74) is 51.2. The van der Waals surface area contributed by atoms with Crippen LogP contribution in [0.25, 0.3) is 0 Å². The Kier molecular flexibility index (Phi) is 54.9. The number of nitrogens with two attached hydrogens (primary N) is 9. The number of amides is 4. The minimum atomic E-state index is -1.12. The van der Waals surface area contributed by atoms with Gasteiger partial charge in [0, 0.05) is 66.8 Å². The maximum absolute atomic E-state index is 12.5. The molecule has 8 saturated carbocycles. The second-order valence-electron chi connectivity index (χ2n) is 38.7. The number of phenols is 1. The van der Waals surface area contributed by atoms with Gasteiger partial charge in [-0.3, -0.25) is 44.3 Å². The van der Waals surface area contributed by atoms with E-state index >= 15 is 0 Å². The van der Waals surface area contributed by atoms with E-state index in [0.717, 1.165) is 108 Å². The Morgan fingerprint density at radius 2 is 0.722 bits per heavy atom. The number of benzene rings is 6. The fraction of sp³-hybridized carbons (Fsp3) is 0.538. The van der Waals surface area contributed by atoms with Crippen LogP contribution in [-0.4, -0.2) is 168 Å². The molecule has 14 rings (SSSR count). The molecule has 144 heavy (non-hydrogen) atoms. The molecule has 37 nitrogen and oxygen atoms in total. The van der Waals surface area contributed by atoms with E-state index in [1.807, 2.05) is 50.2 Å². The highest BCUT2D eigenvalue weighted by atomic mass is 79.9. The van der Waals surface area contributed by atoms with Crippen molar-refractivity contribution >= 4 is 99.1 Å². The van der Waals surface area contributed by atoms with E-state index in [2.05, 4.69) is 118 Å². The Bertz CT molecular complexity index is 4940. The van der Waals surface area contributed by atoms with Crippen LogP contribution in [0.3, 0.4) is 0 Å². The third-order valence-electron chi connectivity index (χ3n) is 24.1. The molecule has 0 spiro atoms. The van der Waals surface area contributed by atoms with Crippen LogP contribution in [0.15, 0.2) is 161 Å². The molecule has 792 valence electrons. The SMILES string of the molecule is CC(C)Cc1ccc(O)cc1.CC(C)Cc1ccc(OCCCC(=O)N=C(N)N)cc1.CCOC(=O)CCCBr.CCOC(=O)CCCOc1ccc(CC(C)C)cc1.N=C(N)N.NC(N)=NC(=O)CCCOc1ccc(C[C@H](N)C(=O)O)cc1.NC(N)=NC(=O)CCCOc1ccc(C[C@H](NC(=O)OCC23CC4CC(CC(C4)C2)C3)C(=O)O)cc1.O=C(OCC12CC3CC(CC(C3)C1)C2)c1ccc([N+](=O)[O-])cc1. The van der Waals surface area contributed by atoms with Gasteiger partial charge in [-0.25, -0.2) is 14.4 Å². The molecule has 0 aliphatic heterocycles. The summed E-state index contributed by atoms with van der Waals surface area (Å²) in [6.45, 7) is 20.3. The first kappa shape index (κ1) is 121. The molecule has 8 bridgehead atoms. The number of nitro benzene ring substituents is 1. The number of ether oxygens (including phenoxy) is 8. The summed E-state index contributed by atoms with van der Waals surface area (Å²) in [6.07, 6.45) is 22.6. The van der Waals surface area contributed by atoms with Crippen molar-refractivity contribution < 1.29 is 101 Å². The van der Waals surface area contributed by atoms with Crippen molar-refractivity contribution in [3.8, 4) is 28.7 Å². The summed E-state index contributed by atoms with van der Waals surface area (Å²) in [5.74, 6) is 5.06. The monoisotopic (exact) mass is 2070 g/mol. The van der Waals surface area contributed by atoms with Crippen LogP contribution in [0.5, 0.6) is 28.7 Å². The number of nitrogens with zero attached hydrogens (tertiary/aromatic N) is 4. The standard InChI is InChI=1S/C26H36N4O6.C18H21NO4.C16H24O3.C15H23N3O2.C14H20N4O4.C10H14O.C6H11BrO2.CH5N3/c27-24(28)30-22(31)2-1-7-35-20-5-3-16(4-6-20)11-21(23(32)33)29-25(34)36-15-26-12-17-8-18(13-26)10-19(9-17)14-26;20-17(15-1-3-16(4-2-15)19(21)22)23-11-18-8-12-5-13(9-18)7-14(6-12)10-18;1-4-18-16(17)6-5-11-19-15-9-7-14(8-10-15)12-13(2)3;1-11(2)10-12-5-7-13(8-6-12)20-9-3-4-14(19)18-15(16)17;15-11(13(20)21)8-9-3-5-10(6-4-9)22-7-1-2-12(19)18-14(16)17;1-8(2)7-9-3-5-10(11)6-4-9;1-2-9-6(8)4-3-5-7;2-1(3)4/h3-6,17-19,21H,1-2,7-15H2,(H,29,34)(H,32,33)(H4,27,28,30,31);1-4,12-14H,5-11H2;7-10,13H,4-6,11-12H2,1-3H3;5-8,11H,3-4,9-10H2,1-2H3,(H4,16,17,18,19);3-6,11H,1-2,7-8,15H2,(H,20,21)(H4,16,17,18,19);3-6,8,11H,7H2,1-2H3;2-5H2,1H3;(H5,2,3,4)/t17?,18?,19?,21-,26?;;;;11-;;;/m0...0.../s1. The Hall–Kier alpha value is -13.1. The van der Waals surface area contributed by atoms with Crippen LogP contribution in [0.2, 0.25) is 0 Å². The summed E-state index contributed by atoms with van der Waals surface area (Å²) in [6, 6.07) is 41.1. The molecule has 0 aromatic heterocycles. The Labute approximate surface area is 854 Å². The number of guanidine groups is 4. The van der Waals surface area contributed by atoms with Crippen molar-refractivity contribution in [3.05, 3.63) is 189 Å². The summed E-state index contributed by atoms with van der Waals surface area (Å²) < 4.78 is 42.9. The fourth-order valence-electron chi connectivity index (χ4n) is 19.0. The number of hydrogen-bond donors (Lipinski definition) is 14. The van der Waals surface area contributed by atoms with E-state index in [0.29, 0.717) is 132 Å². The molecule has 8 fully saturated rings. The number of aliphatic carboxylic acids is 2. The number of aromatic hydroxyl groups is 1. The minimum Gasteiger partial charge on any atom is -0.508 e. The molecule has 38 heteroatoms. The maximum Gasteiger partial charge on any atom is 0.407 e. The second-order valence-corrected chi connectivity index (χ2v) is 39.5. The number of esters is 3. The molecular formula is C106H154BrN15O22. The molecule has 6 aromatic carbocycles. The van der Waals surface area contributed by atoms with Gasteiger partial charge in [0.05, 0.1) is 63.3 Å². The molecule has 0 heterocycles. The highest BCUT2D eigenvalue weighted by molar-refractivity contribution is 9.09. The van der Waals surface area contributed by atoms with Gasteiger partial charge < -0.3 is 110 Å². The fourth-order valence-corrected chi connectivity index (χ4v) is 19.3. The zero-order valence-corrected chi connectivity index (χ0v) is 86.2. The average molecular weight is 2070 g/mol. The minimum absolute atomic E-state index is 0.0114. The smallest absolute Gasteiger partial charge is 0.407 e. The third-order valence-corrected chi connectivity index (χ3v) is 24.7. The van der Waals surface area contributed by atoms with Gasteiger partial charge in [0.15, 0.2) is 23.8 Å². The molecule has 6 aromatic rings. The predicted molar refractivity (Wildman–Crippen MR) is 557 cm³/mol. The molecule has 0 radical (unpaired) electrons. The largest absolute Gasteiger partial charge is 0.508 e. The van der Waals surface area contributed by atoms with E-state index in [4.69, 9.17) is 88.9 Å². The number of rotatable bonds is 44. The van der Waals surface area contributed by atoms with Crippen LogP contribution in [0.4, 0.5) is 10.5 Å². The van der Waals surface area contributed by atoms with Crippen molar-refractivity contribution in [1.29, 1.82) is 5.41 Å². The van der Waals surface area contributed by atoms with Crippen LogP contribution < -0.4 is 75.9 Å². The third kappa shape index (κ3) is 51.2. The van der Waals surface area contributed by atoms with Crippen molar-refractivity contribution in [1.82, 2.24) is 5.32 Å². The van der Waals surface area contributed by atoms with E-state index in [1.54, 1.807) is 60.7 Å². The van der Waals surface area contributed by atoms with E-state index in [-0.39, 0.29) is 102 Å². The zero-order valence-electron chi connectivity index (χ0n) is 84.6. The number of aliphatic imine (C=N–C) groups is 3. The zero-order chi connectivity index (χ0) is 106. The number of carbonyl (C=O) groups excluding carboxylic acids is 7. The van der Waals surface area contributed by atoms with Crippen LogP contribution in [0, 0.1) is 79.6 Å². The maximum atomic E-state index is 12.5. The van der Waals surface area contributed by atoms with Gasteiger partial charge in [0.1, 0.15) is 40.8 Å². The number of carbonyl (C=O) groups is 9. The van der Waals surface area contributed by atoms with Gasteiger partial charge in [-0.1, -0.05) is 118 Å². The average Bonchev–Trinajstić information content (AvgIpc) is 0.897. The number of non-ortho nitro benzene ring substituents is 1. The van der Waals surface area contributed by atoms with Crippen molar-refractivity contribution in [2.75, 3.05) is 58.2 Å². The quantitative estimate of drug-likeness (QED) is 0.00247. The summed E-state index contributed by atoms with van der Waals surface area (Å²) in [7, 11) is 0. The number of nitro groups is 1. The molecule has 4 amide bonds. The molecule has 0 saturated heterocycles. The number of carboxylic acids is 2. The molecular weight excluding hydrogens is 1920 g/mol. The lowest BCUT2D eigenvalue weighted by Crippen LogP contribution is -2.49. The highest BCUT2D eigenvalue weighted by Crippen LogP contribution is 2.61. The first-order chi connectivity index (χ1) is 68.4. The lowest BCUT2D eigenvalue weighted by atomic mass is 9.50. The van der Waals surface area contributed by atoms with Gasteiger partial charge in [-0.15, -0.1) is 0 Å². The van der Waals surface area contributed by atoms with Crippen LogP contribution in [-0.2, 0) is 84.6 Å². The molecule has 23 N–H and O–H groups in total. The molecule has 0 unspecified atom stereocenters. The van der Waals surface area contributed by atoms with Crippen molar-refractivity contribution in [3.63, 3.8) is 0 Å². The summed E-state index contributed by atoms with van der Waals surface area (Å²) in [5, 5.41) is 47.5. The Balaban J connectivity index is 0.000000304. The van der Waals surface area contributed by atoms with Crippen LogP contribution >= 0.6 is 15.9 Å². The molecule has 8 aliphatic carbocycles. The van der Waals surface area contributed by atoms with E-state index < -0.39 is 40.9 Å². The molecule has 8 aliphatic rings. The summed E-state index contributed by atoms with van der Waals surface area (Å²) >= 11 is 3.22. The van der Waals surface area contributed by atoms with Gasteiger partial charge in [0.25, 0.3) is 5.69 Å². The number of phenolic OH excluding ortho intramolecular Hbond substituents is 1. The van der Waals surface area contributed by atoms with E-state index in [1.165, 1.54) is 98.7 Å². The first-order valence-corrected chi connectivity index (χ1v) is 50.6. The Morgan fingerprint density at radius 3 is 1.01 bits per heavy atom. The topological polar surface area (TPSA) is 638 Å². The lowest BCUT2D eigenvalue weighted by Gasteiger charge is -2.56. The van der Waals surface area contributed by atoms with E-state index in [9.17, 15) is 58.4 Å².